The van der Waals surface area contributed by atoms with Gasteiger partial charge < -0.3 is 5.73 Å². The molecular formula is C6H5BrN2S2. The van der Waals surface area contributed by atoms with Gasteiger partial charge in [-0.2, -0.15) is 0 Å². The van der Waals surface area contributed by atoms with Gasteiger partial charge in [0.05, 0.1) is 3.79 Å². The van der Waals surface area contributed by atoms with Crippen LogP contribution in [0.3, 0.4) is 0 Å². The van der Waals surface area contributed by atoms with Gasteiger partial charge in [0.15, 0.2) is 5.11 Å². The van der Waals surface area contributed by atoms with Gasteiger partial charge >= 0.3 is 0 Å². The summed E-state index contributed by atoms with van der Waals surface area (Å²) < 4.78 is 1.07. The number of aliphatic imine (C=N–C) groups is 1. The summed E-state index contributed by atoms with van der Waals surface area (Å²) in [5.74, 6) is 0. The van der Waals surface area contributed by atoms with E-state index in [-0.39, 0.29) is 5.11 Å². The van der Waals surface area contributed by atoms with Crippen molar-refractivity contribution in [2.45, 2.75) is 0 Å². The minimum Gasteiger partial charge on any atom is -0.374 e. The number of rotatable bonds is 1. The fourth-order valence-corrected chi connectivity index (χ4v) is 1.87. The van der Waals surface area contributed by atoms with Crippen LogP contribution >= 0.6 is 39.5 Å². The standard InChI is InChI=1S/C6H5BrN2S2/c7-5-2-1-4(11-5)3-9-6(8)10/h1-3H,(H2,8,10)/b9-3+. The molecule has 0 saturated heterocycles. The maximum Gasteiger partial charge on any atom is 0.190 e. The molecule has 0 aliphatic heterocycles. The van der Waals surface area contributed by atoms with Gasteiger partial charge in [-0.15, -0.1) is 11.3 Å². The van der Waals surface area contributed by atoms with Crippen LogP contribution in [0.4, 0.5) is 0 Å². The topological polar surface area (TPSA) is 38.4 Å². The van der Waals surface area contributed by atoms with Crippen molar-refractivity contribution in [1.82, 2.24) is 0 Å². The van der Waals surface area contributed by atoms with Crippen molar-refractivity contribution in [2.24, 2.45) is 10.7 Å². The van der Waals surface area contributed by atoms with E-state index in [1.807, 2.05) is 12.1 Å². The van der Waals surface area contributed by atoms with E-state index in [2.05, 4.69) is 33.1 Å². The molecule has 11 heavy (non-hydrogen) atoms. The first-order valence-electron chi connectivity index (χ1n) is 2.77. The van der Waals surface area contributed by atoms with Crippen LogP contribution in [-0.4, -0.2) is 11.3 Å². The Morgan fingerprint density at radius 3 is 2.91 bits per heavy atom. The molecular weight excluding hydrogens is 244 g/mol. The lowest BCUT2D eigenvalue weighted by atomic mass is 10.5. The maximum absolute atomic E-state index is 5.17. The molecule has 1 heterocycles. The van der Waals surface area contributed by atoms with E-state index >= 15 is 0 Å². The molecule has 5 heteroatoms. The third-order valence-electron chi connectivity index (χ3n) is 0.913. The van der Waals surface area contributed by atoms with E-state index in [1.54, 1.807) is 17.6 Å². The van der Waals surface area contributed by atoms with E-state index in [1.165, 1.54) is 0 Å². The molecule has 2 N–H and O–H groups in total. The summed E-state index contributed by atoms with van der Waals surface area (Å²) in [5, 5.41) is 0.162. The van der Waals surface area contributed by atoms with Crippen molar-refractivity contribution in [2.75, 3.05) is 0 Å². The van der Waals surface area contributed by atoms with Crippen LogP contribution < -0.4 is 5.73 Å². The molecule has 0 unspecified atom stereocenters. The Bertz CT molecular complexity index is 293. The Kier molecular flexibility index (Phi) is 3.16. The van der Waals surface area contributed by atoms with Gasteiger partial charge in [0, 0.05) is 11.1 Å². The van der Waals surface area contributed by atoms with Crippen molar-refractivity contribution in [3.05, 3.63) is 20.8 Å². The van der Waals surface area contributed by atoms with Crippen LogP contribution in [-0.2, 0) is 0 Å². The van der Waals surface area contributed by atoms with Gasteiger partial charge in [0.2, 0.25) is 0 Å². The quantitative estimate of drug-likeness (QED) is 0.612. The molecule has 0 saturated carbocycles. The molecule has 0 amide bonds. The number of halogens is 1. The van der Waals surface area contributed by atoms with Crippen LogP contribution in [0.5, 0.6) is 0 Å². The van der Waals surface area contributed by atoms with Crippen molar-refractivity contribution in [3.63, 3.8) is 0 Å². The third-order valence-corrected chi connectivity index (χ3v) is 2.58. The predicted octanol–water partition coefficient (Wildman–Crippen LogP) is 2.17. The number of thiophene rings is 1. The largest absolute Gasteiger partial charge is 0.374 e. The van der Waals surface area contributed by atoms with Gasteiger partial charge in [-0.3, -0.25) is 0 Å². The van der Waals surface area contributed by atoms with Crippen LogP contribution in [0.15, 0.2) is 20.9 Å². The summed E-state index contributed by atoms with van der Waals surface area (Å²) in [4.78, 5) is 4.81. The number of hydrogen-bond donors (Lipinski definition) is 1. The monoisotopic (exact) mass is 248 g/mol. The predicted molar refractivity (Wildman–Crippen MR) is 56.4 cm³/mol. The van der Waals surface area contributed by atoms with Crippen molar-refractivity contribution < 1.29 is 0 Å². The fourth-order valence-electron chi connectivity index (χ4n) is 0.525. The van der Waals surface area contributed by atoms with Crippen LogP contribution in [0.25, 0.3) is 0 Å². The summed E-state index contributed by atoms with van der Waals surface area (Å²) in [6.07, 6.45) is 1.65. The number of hydrogen-bond acceptors (Lipinski definition) is 2. The maximum atomic E-state index is 5.17. The van der Waals surface area contributed by atoms with Crippen LogP contribution in [0.1, 0.15) is 4.88 Å². The van der Waals surface area contributed by atoms with Gasteiger partial charge in [-0.05, 0) is 40.3 Å². The lowest BCUT2D eigenvalue weighted by molar-refractivity contribution is 1.64. The average Bonchev–Trinajstić information content (AvgIpc) is 2.31. The Hall–Kier alpha value is -0.260. The molecule has 58 valence electrons. The molecule has 1 aromatic rings. The van der Waals surface area contributed by atoms with Gasteiger partial charge in [-0.25, -0.2) is 4.99 Å². The highest BCUT2D eigenvalue weighted by molar-refractivity contribution is 9.11. The van der Waals surface area contributed by atoms with Gasteiger partial charge in [0.25, 0.3) is 0 Å². The lowest BCUT2D eigenvalue weighted by Gasteiger charge is -1.82. The van der Waals surface area contributed by atoms with E-state index in [0.29, 0.717) is 0 Å². The summed E-state index contributed by atoms with van der Waals surface area (Å²) in [5.41, 5.74) is 5.17. The van der Waals surface area contributed by atoms with Crippen molar-refractivity contribution in [3.8, 4) is 0 Å². The lowest BCUT2D eigenvalue weighted by Crippen LogP contribution is -2.03. The van der Waals surface area contributed by atoms with Gasteiger partial charge in [-0.1, -0.05) is 0 Å². The number of thiocarbonyl (C=S) groups is 1. The van der Waals surface area contributed by atoms with Crippen LogP contribution in [0, 0.1) is 0 Å². The third kappa shape index (κ3) is 3.09. The van der Waals surface area contributed by atoms with E-state index in [4.69, 9.17) is 5.73 Å². The molecule has 2 nitrogen and oxygen atoms in total. The molecule has 0 fully saturated rings. The smallest absolute Gasteiger partial charge is 0.190 e. The second-order valence-electron chi connectivity index (χ2n) is 1.74. The highest BCUT2D eigenvalue weighted by Crippen LogP contribution is 2.20. The zero-order chi connectivity index (χ0) is 8.27. The zero-order valence-corrected chi connectivity index (χ0v) is 8.67. The molecule has 0 atom stereocenters. The summed E-state index contributed by atoms with van der Waals surface area (Å²) in [6.45, 7) is 0. The normalized spacial score (nSPS) is 10.6. The molecule has 0 aliphatic carbocycles. The summed E-state index contributed by atoms with van der Waals surface area (Å²) >= 11 is 9.49. The first-order chi connectivity index (χ1) is 5.18. The number of nitrogens with two attached hydrogens (primary N) is 1. The Morgan fingerprint density at radius 2 is 2.45 bits per heavy atom. The Balaban J connectivity index is 2.71. The Morgan fingerprint density at radius 1 is 1.73 bits per heavy atom. The Labute approximate surface area is 82.3 Å². The molecule has 1 rings (SSSR count). The average molecular weight is 249 g/mol. The van der Waals surface area contributed by atoms with Crippen molar-refractivity contribution >= 4 is 50.8 Å². The first-order valence-corrected chi connectivity index (χ1v) is 4.79. The second kappa shape index (κ2) is 3.94. The summed E-state index contributed by atoms with van der Waals surface area (Å²) in [7, 11) is 0. The molecule has 0 spiro atoms. The van der Waals surface area contributed by atoms with E-state index < -0.39 is 0 Å². The van der Waals surface area contributed by atoms with Gasteiger partial charge in [0.1, 0.15) is 0 Å². The number of nitrogens with zero attached hydrogens (tertiary/aromatic N) is 1. The molecule has 1 aromatic heterocycles. The van der Waals surface area contributed by atoms with Crippen molar-refractivity contribution in [1.29, 1.82) is 0 Å². The highest BCUT2D eigenvalue weighted by atomic mass is 79.9. The minimum atomic E-state index is 0.162. The summed E-state index contributed by atoms with van der Waals surface area (Å²) in [6, 6.07) is 3.89. The highest BCUT2D eigenvalue weighted by Gasteiger charge is 1.92. The zero-order valence-electron chi connectivity index (χ0n) is 5.45. The van der Waals surface area contributed by atoms with E-state index in [0.717, 1.165) is 8.66 Å². The minimum absolute atomic E-state index is 0.162. The van der Waals surface area contributed by atoms with Crippen LogP contribution in [0.2, 0.25) is 0 Å². The first kappa shape index (κ1) is 8.83. The SMILES string of the molecule is NC(=S)/N=C/c1ccc(Br)s1. The second-order valence-corrected chi connectivity index (χ2v) is 4.65. The van der Waals surface area contributed by atoms with E-state index in [9.17, 15) is 0 Å². The molecule has 0 aromatic carbocycles. The molecule has 0 aliphatic rings. The fraction of sp³-hybridized carbons (Fsp3) is 0. The molecule has 0 radical (unpaired) electrons. The molecule has 0 bridgehead atoms.